The Morgan fingerprint density at radius 3 is 2.83 bits per heavy atom. The minimum atomic E-state index is -0.436. The number of nitro groups is 1. The van der Waals surface area contributed by atoms with E-state index in [1.165, 1.54) is 6.08 Å². The molecule has 0 aliphatic heterocycles. The molecular weight excluding hydrogens is 158 g/mol. The van der Waals surface area contributed by atoms with Crippen LogP contribution in [0.25, 0.3) is 0 Å². The van der Waals surface area contributed by atoms with E-state index in [4.69, 9.17) is 5.11 Å². The van der Waals surface area contributed by atoms with E-state index in [9.17, 15) is 10.1 Å². The van der Waals surface area contributed by atoms with Gasteiger partial charge in [0.05, 0.1) is 11.5 Å². The van der Waals surface area contributed by atoms with Crippen molar-refractivity contribution >= 4 is 0 Å². The van der Waals surface area contributed by atoms with Gasteiger partial charge in [-0.2, -0.15) is 0 Å². The first-order valence-corrected chi connectivity index (χ1v) is 3.79. The van der Waals surface area contributed by atoms with E-state index < -0.39 is 4.92 Å². The molecular formula is C8H11NO3. The molecule has 0 radical (unpaired) electrons. The Bertz CT molecular complexity index is 265. The maximum absolute atomic E-state index is 10.5. The third-order valence-electron chi connectivity index (χ3n) is 1.95. The predicted octanol–water partition coefficient (Wildman–Crippen LogP) is 1.25. The molecule has 12 heavy (non-hydrogen) atoms. The van der Waals surface area contributed by atoms with Gasteiger partial charge in [0.15, 0.2) is 0 Å². The van der Waals surface area contributed by atoms with Crippen molar-refractivity contribution in [1.82, 2.24) is 0 Å². The minimum absolute atomic E-state index is 0.0706. The van der Waals surface area contributed by atoms with Crippen molar-refractivity contribution in [3.63, 3.8) is 0 Å². The molecule has 1 aliphatic rings. The molecule has 1 aliphatic carbocycles. The molecule has 0 amide bonds. The van der Waals surface area contributed by atoms with Crippen LogP contribution in [0.4, 0.5) is 0 Å². The van der Waals surface area contributed by atoms with Crippen LogP contribution in [0.1, 0.15) is 19.8 Å². The Labute approximate surface area is 70.4 Å². The Balaban J connectivity index is 3.00. The van der Waals surface area contributed by atoms with Crippen molar-refractivity contribution in [2.24, 2.45) is 0 Å². The van der Waals surface area contributed by atoms with Crippen LogP contribution < -0.4 is 0 Å². The minimum Gasteiger partial charge on any atom is -0.392 e. The fourth-order valence-corrected chi connectivity index (χ4v) is 1.23. The number of rotatable bonds is 2. The van der Waals surface area contributed by atoms with Gasteiger partial charge in [0.1, 0.15) is 0 Å². The Kier molecular flexibility index (Phi) is 2.60. The summed E-state index contributed by atoms with van der Waals surface area (Å²) in [4.78, 5) is 10.0. The topological polar surface area (TPSA) is 63.4 Å². The fourth-order valence-electron chi connectivity index (χ4n) is 1.23. The second-order valence-corrected chi connectivity index (χ2v) is 2.89. The van der Waals surface area contributed by atoms with Crippen LogP contribution in [-0.4, -0.2) is 16.6 Å². The van der Waals surface area contributed by atoms with E-state index in [1.807, 2.05) is 6.92 Å². The van der Waals surface area contributed by atoms with Crippen LogP contribution in [0.5, 0.6) is 0 Å². The highest BCUT2D eigenvalue weighted by Gasteiger charge is 2.19. The van der Waals surface area contributed by atoms with E-state index in [1.54, 1.807) is 0 Å². The molecule has 0 unspecified atom stereocenters. The van der Waals surface area contributed by atoms with Crippen LogP contribution in [0.3, 0.4) is 0 Å². The molecule has 0 aromatic carbocycles. The molecule has 0 saturated carbocycles. The zero-order valence-corrected chi connectivity index (χ0v) is 6.91. The first-order chi connectivity index (χ1) is 5.65. The van der Waals surface area contributed by atoms with Gasteiger partial charge in [-0.3, -0.25) is 10.1 Å². The molecule has 0 atom stereocenters. The summed E-state index contributed by atoms with van der Waals surface area (Å²) in [6, 6.07) is 0. The third kappa shape index (κ3) is 1.71. The number of hydrogen-bond acceptors (Lipinski definition) is 3. The number of aliphatic hydroxyl groups is 1. The molecule has 0 saturated heterocycles. The highest BCUT2D eigenvalue weighted by molar-refractivity contribution is 5.28. The van der Waals surface area contributed by atoms with Gasteiger partial charge in [-0.25, -0.2) is 0 Å². The molecule has 0 fully saturated rings. The van der Waals surface area contributed by atoms with Gasteiger partial charge in [0, 0.05) is 11.6 Å². The molecule has 0 spiro atoms. The zero-order chi connectivity index (χ0) is 9.14. The van der Waals surface area contributed by atoms with Gasteiger partial charge in [-0.05, 0) is 19.8 Å². The average Bonchev–Trinajstić information content (AvgIpc) is 2.04. The highest BCUT2D eigenvalue weighted by Crippen LogP contribution is 2.23. The molecule has 4 heteroatoms. The number of hydrogen-bond donors (Lipinski definition) is 1. The number of allylic oxidation sites excluding steroid dienone is 2. The summed E-state index contributed by atoms with van der Waals surface area (Å²) in [7, 11) is 0. The van der Waals surface area contributed by atoms with Crippen molar-refractivity contribution in [2.75, 3.05) is 6.61 Å². The number of nitrogens with zero attached hydrogens (tertiary/aromatic N) is 1. The van der Waals surface area contributed by atoms with Crippen LogP contribution in [-0.2, 0) is 0 Å². The van der Waals surface area contributed by atoms with Crippen LogP contribution in [0, 0.1) is 10.1 Å². The SMILES string of the molecule is CC1=CC([N+](=O)[O-])=C(CO)CC1. The summed E-state index contributed by atoms with van der Waals surface area (Å²) in [6.07, 6.45) is 2.96. The molecule has 0 bridgehead atoms. The molecule has 0 heterocycles. The first kappa shape index (κ1) is 8.93. The molecule has 0 aromatic rings. The zero-order valence-electron chi connectivity index (χ0n) is 6.91. The molecule has 1 N–H and O–H groups in total. The Hall–Kier alpha value is -1.16. The van der Waals surface area contributed by atoms with E-state index in [-0.39, 0.29) is 12.3 Å². The summed E-state index contributed by atoms with van der Waals surface area (Å²) in [5.74, 6) is 0. The maximum atomic E-state index is 10.5. The number of aliphatic hydroxyl groups excluding tert-OH is 1. The second kappa shape index (κ2) is 3.49. The van der Waals surface area contributed by atoms with Crippen molar-refractivity contribution in [3.8, 4) is 0 Å². The van der Waals surface area contributed by atoms with E-state index >= 15 is 0 Å². The maximum Gasteiger partial charge on any atom is 0.270 e. The van der Waals surface area contributed by atoms with Crippen molar-refractivity contribution < 1.29 is 10.0 Å². The monoisotopic (exact) mass is 169 g/mol. The van der Waals surface area contributed by atoms with E-state index in [0.29, 0.717) is 12.0 Å². The second-order valence-electron chi connectivity index (χ2n) is 2.89. The third-order valence-corrected chi connectivity index (χ3v) is 1.95. The lowest BCUT2D eigenvalue weighted by atomic mass is 9.98. The lowest BCUT2D eigenvalue weighted by molar-refractivity contribution is -0.420. The van der Waals surface area contributed by atoms with E-state index in [2.05, 4.69) is 0 Å². The summed E-state index contributed by atoms with van der Waals surface area (Å²) in [6.45, 7) is 1.65. The fraction of sp³-hybridized carbons (Fsp3) is 0.500. The Morgan fingerprint density at radius 1 is 1.67 bits per heavy atom. The standard InChI is InChI=1S/C8H11NO3/c1-6-2-3-7(5-10)8(4-6)9(11)12/h4,10H,2-3,5H2,1H3. The van der Waals surface area contributed by atoms with Crippen molar-refractivity contribution in [2.45, 2.75) is 19.8 Å². The lowest BCUT2D eigenvalue weighted by Crippen LogP contribution is -2.08. The average molecular weight is 169 g/mol. The van der Waals surface area contributed by atoms with E-state index in [0.717, 1.165) is 12.0 Å². The quantitative estimate of drug-likeness (QED) is 0.499. The summed E-state index contributed by atoms with van der Waals surface area (Å²) in [5.41, 5.74) is 1.60. The van der Waals surface area contributed by atoms with Crippen LogP contribution in [0.15, 0.2) is 22.9 Å². The Morgan fingerprint density at radius 2 is 2.33 bits per heavy atom. The summed E-state index contributed by atoms with van der Waals surface area (Å²) in [5, 5.41) is 19.3. The highest BCUT2D eigenvalue weighted by atomic mass is 16.6. The molecule has 1 rings (SSSR count). The van der Waals surface area contributed by atoms with Crippen molar-refractivity contribution in [3.05, 3.63) is 33.0 Å². The van der Waals surface area contributed by atoms with Gasteiger partial charge in [0.25, 0.3) is 5.70 Å². The van der Waals surface area contributed by atoms with Gasteiger partial charge in [0.2, 0.25) is 0 Å². The molecule has 66 valence electrons. The van der Waals surface area contributed by atoms with Gasteiger partial charge >= 0.3 is 0 Å². The molecule has 0 aromatic heterocycles. The first-order valence-electron chi connectivity index (χ1n) is 3.79. The van der Waals surface area contributed by atoms with Gasteiger partial charge in [-0.15, -0.1) is 0 Å². The van der Waals surface area contributed by atoms with Crippen LogP contribution >= 0.6 is 0 Å². The predicted molar refractivity (Wildman–Crippen MR) is 44.1 cm³/mol. The summed E-state index contributed by atoms with van der Waals surface area (Å²) < 4.78 is 0. The van der Waals surface area contributed by atoms with Gasteiger partial charge < -0.3 is 5.11 Å². The largest absolute Gasteiger partial charge is 0.392 e. The lowest BCUT2D eigenvalue weighted by Gasteiger charge is -2.10. The van der Waals surface area contributed by atoms with Gasteiger partial charge in [-0.1, -0.05) is 5.57 Å². The van der Waals surface area contributed by atoms with Crippen molar-refractivity contribution in [1.29, 1.82) is 0 Å². The normalized spacial score (nSPS) is 17.7. The summed E-state index contributed by atoms with van der Waals surface area (Å²) >= 11 is 0. The van der Waals surface area contributed by atoms with Crippen LogP contribution in [0.2, 0.25) is 0 Å². The smallest absolute Gasteiger partial charge is 0.270 e. The molecule has 4 nitrogen and oxygen atoms in total.